The molecule has 0 amide bonds. The number of rotatable bonds is 3. The van der Waals surface area contributed by atoms with Crippen LogP contribution < -0.4 is 4.74 Å². The second-order valence-electron chi connectivity index (χ2n) is 4.09. The fourth-order valence-electron chi connectivity index (χ4n) is 1.94. The Labute approximate surface area is 114 Å². The fourth-order valence-corrected chi connectivity index (χ4v) is 1.94. The van der Waals surface area contributed by atoms with Gasteiger partial charge in [-0.25, -0.2) is 14.8 Å². The number of aromatic carboxylic acids is 1. The van der Waals surface area contributed by atoms with E-state index in [-0.39, 0.29) is 11.6 Å². The summed E-state index contributed by atoms with van der Waals surface area (Å²) in [5.74, 6) is -0.643. The van der Waals surface area contributed by atoms with Crippen molar-refractivity contribution in [3.8, 4) is 11.6 Å². The summed E-state index contributed by atoms with van der Waals surface area (Å²) in [5.41, 5.74) is -0.208. The minimum atomic E-state index is -1.17. The van der Waals surface area contributed by atoms with Gasteiger partial charge in [0.15, 0.2) is 0 Å². The van der Waals surface area contributed by atoms with Crippen molar-refractivity contribution in [1.29, 1.82) is 0 Å². The first-order valence-corrected chi connectivity index (χ1v) is 5.95. The predicted molar refractivity (Wildman–Crippen MR) is 73.0 cm³/mol. The highest BCUT2D eigenvalue weighted by Gasteiger charge is 2.15. The molecule has 0 unspecified atom stereocenters. The first-order chi connectivity index (χ1) is 9.75. The third-order valence-corrected chi connectivity index (χ3v) is 2.82. The quantitative estimate of drug-likeness (QED) is 0.788. The molecular formula is C15H10N2O3. The topological polar surface area (TPSA) is 72.3 Å². The largest absolute Gasteiger partial charge is 0.476 e. The van der Waals surface area contributed by atoms with E-state index < -0.39 is 5.97 Å². The van der Waals surface area contributed by atoms with Gasteiger partial charge in [-0.1, -0.05) is 36.4 Å². The van der Waals surface area contributed by atoms with Crippen molar-refractivity contribution in [2.24, 2.45) is 0 Å². The Hall–Kier alpha value is -2.95. The molecule has 20 heavy (non-hydrogen) atoms. The van der Waals surface area contributed by atoms with Crippen molar-refractivity contribution in [1.82, 2.24) is 9.97 Å². The number of hydrogen-bond donors (Lipinski definition) is 1. The molecule has 5 heteroatoms. The summed E-state index contributed by atoms with van der Waals surface area (Å²) < 4.78 is 5.63. The first kappa shape index (κ1) is 12.1. The second kappa shape index (κ2) is 4.97. The molecule has 5 nitrogen and oxygen atoms in total. The number of ether oxygens (including phenoxy) is 1. The Kier molecular flexibility index (Phi) is 3.01. The molecule has 1 aromatic heterocycles. The number of nitrogens with zero attached hydrogens (tertiary/aromatic N) is 2. The molecule has 2 aromatic carbocycles. The highest BCUT2D eigenvalue weighted by molar-refractivity contribution is 5.90. The van der Waals surface area contributed by atoms with E-state index in [2.05, 4.69) is 9.97 Å². The molecule has 0 fully saturated rings. The molecule has 3 rings (SSSR count). The standard InChI is InChI=1S/C15H10N2O3/c18-15(19)13-14(17-9-8-16-13)20-12-7-3-5-10-4-1-2-6-11(10)12/h1-9H,(H,18,19). The Bertz CT molecular complexity index is 781. The van der Waals surface area contributed by atoms with E-state index in [1.807, 2.05) is 36.4 Å². The fraction of sp³-hybridized carbons (Fsp3) is 0. The summed E-state index contributed by atoms with van der Waals surface area (Å²) in [6.45, 7) is 0. The zero-order valence-electron chi connectivity index (χ0n) is 10.4. The summed E-state index contributed by atoms with van der Waals surface area (Å²) in [6, 6.07) is 13.2. The van der Waals surface area contributed by atoms with Crippen molar-refractivity contribution < 1.29 is 14.6 Å². The van der Waals surface area contributed by atoms with Gasteiger partial charge in [0.1, 0.15) is 5.75 Å². The third kappa shape index (κ3) is 2.16. The third-order valence-electron chi connectivity index (χ3n) is 2.82. The van der Waals surface area contributed by atoms with Crippen LogP contribution in [0.25, 0.3) is 10.8 Å². The molecule has 0 aliphatic carbocycles. The Morgan fingerprint density at radius 1 is 1.00 bits per heavy atom. The van der Waals surface area contributed by atoms with Crippen LogP contribution in [-0.2, 0) is 0 Å². The van der Waals surface area contributed by atoms with Gasteiger partial charge < -0.3 is 9.84 Å². The van der Waals surface area contributed by atoms with Gasteiger partial charge in [-0.15, -0.1) is 0 Å². The number of hydrogen-bond acceptors (Lipinski definition) is 4. The summed E-state index contributed by atoms with van der Waals surface area (Å²) in [4.78, 5) is 18.8. The zero-order chi connectivity index (χ0) is 13.9. The molecule has 0 aliphatic rings. The van der Waals surface area contributed by atoms with Crippen LogP contribution in [0, 0.1) is 0 Å². The number of carboxylic acid groups (broad SMARTS) is 1. The molecule has 0 radical (unpaired) electrons. The molecule has 1 heterocycles. The van der Waals surface area contributed by atoms with Crippen molar-refractivity contribution in [3.05, 3.63) is 60.6 Å². The highest BCUT2D eigenvalue weighted by atomic mass is 16.5. The summed E-state index contributed by atoms with van der Waals surface area (Å²) >= 11 is 0. The lowest BCUT2D eigenvalue weighted by atomic mass is 10.1. The number of carboxylic acids is 1. The lowest BCUT2D eigenvalue weighted by molar-refractivity contribution is 0.0686. The summed E-state index contributed by atoms with van der Waals surface area (Å²) in [5, 5.41) is 11.0. The minimum Gasteiger partial charge on any atom is -0.476 e. The lowest BCUT2D eigenvalue weighted by Crippen LogP contribution is -2.04. The molecule has 0 spiro atoms. The lowest BCUT2D eigenvalue weighted by Gasteiger charge is -2.09. The van der Waals surface area contributed by atoms with E-state index in [0.29, 0.717) is 5.75 Å². The maximum absolute atomic E-state index is 11.1. The maximum atomic E-state index is 11.1. The van der Waals surface area contributed by atoms with Gasteiger partial charge in [-0.05, 0) is 11.5 Å². The van der Waals surface area contributed by atoms with Crippen LogP contribution in [0.1, 0.15) is 10.5 Å². The predicted octanol–water partition coefficient (Wildman–Crippen LogP) is 3.12. The monoisotopic (exact) mass is 266 g/mol. The molecule has 0 atom stereocenters. The van der Waals surface area contributed by atoms with E-state index in [1.54, 1.807) is 6.07 Å². The van der Waals surface area contributed by atoms with Crippen LogP contribution in [0.5, 0.6) is 11.6 Å². The van der Waals surface area contributed by atoms with E-state index >= 15 is 0 Å². The van der Waals surface area contributed by atoms with Crippen LogP contribution in [0.4, 0.5) is 0 Å². The highest BCUT2D eigenvalue weighted by Crippen LogP contribution is 2.29. The average molecular weight is 266 g/mol. The Morgan fingerprint density at radius 2 is 1.75 bits per heavy atom. The van der Waals surface area contributed by atoms with Gasteiger partial charge in [-0.3, -0.25) is 0 Å². The van der Waals surface area contributed by atoms with Crippen LogP contribution in [0.3, 0.4) is 0 Å². The number of benzene rings is 2. The van der Waals surface area contributed by atoms with Gasteiger partial charge in [0.25, 0.3) is 5.88 Å². The molecule has 1 N–H and O–H groups in total. The number of carbonyl (C=O) groups is 1. The number of fused-ring (bicyclic) bond motifs is 1. The van der Waals surface area contributed by atoms with Crippen LogP contribution in [0.15, 0.2) is 54.9 Å². The van der Waals surface area contributed by atoms with Crippen LogP contribution in [0.2, 0.25) is 0 Å². The van der Waals surface area contributed by atoms with Crippen molar-refractivity contribution in [2.45, 2.75) is 0 Å². The minimum absolute atomic E-state index is 0.0173. The summed E-state index contributed by atoms with van der Waals surface area (Å²) in [6.07, 6.45) is 2.71. The molecule has 0 saturated carbocycles. The van der Waals surface area contributed by atoms with E-state index in [4.69, 9.17) is 9.84 Å². The molecule has 0 saturated heterocycles. The Balaban J connectivity index is 2.08. The SMILES string of the molecule is O=C(O)c1nccnc1Oc1cccc2ccccc12. The first-order valence-electron chi connectivity index (χ1n) is 5.95. The van der Waals surface area contributed by atoms with Crippen molar-refractivity contribution in [3.63, 3.8) is 0 Å². The van der Waals surface area contributed by atoms with Crippen LogP contribution >= 0.6 is 0 Å². The molecule has 98 valence electrons. The Morgan fingerprint density at radius 3 is 2.60 bits per heavy atom. The van der Waals surface area contributed by atoms with E-state index in [0.717, 1.165) is 10.8 Å². The summed E-state index contributed by atoms with van der Waals surface area (Å²) in [7, 11) is 0. The van der Waals surface area contributed by atoms with E-state index in [1.165, 1.54) is 12.4 Å². The second-order valence-corrected chi connectivity index (χ2v) is 4.09. The van der Waals surface area contributed by atoms with Gasteiger partial charge in [0.05, 0.1) is 0 Å². The zero-order valence-corrected chi connectivity index (χ0v) is 10.4. The normalized spacial score (nSPS) is 10.4. The van der Waals surface area contributed by atoms with Gasteiger partial charge >= 0.3 is 5.97 Å². The molecule has 0 bridgehead atoms. The van der Waals surface area contributed by atoms with Gasteiger partial charge in [0, 0.05) is 17.8 Å². The van der Waals surface area contributed by atoms with Crippen LogP contribution in [-0.4, -0.2) is 21.0 Å². The van der Waals surface area contributed by atoms with Gasteiger partial charge in [0.2, 0.25) is 5.69 Å². The van der Waals surface area contributed by atoms with E-state index in [9.17, 15) is 4.79 Å². The van der Waals surface area contributed by atoms with Crippen molar-refractivity contribution in [2.75, 3.05) is 0 Å². The smallest absolute Gasteiger partial charge is 0.360 e. The average Bonchev–Trinajstić information content (AvgIpc) is 2.48. The van der Waals surface area contributed by atoms with Gasteiger partial charge in [-0.2, -0.15) is 0 Å². The maximum Gasteiger partial charge on any atom is 0.360 e. The molecule has 0 aliphatic heterocycles. The van der Waals surface area contributed by atoms with Crippen molar-refractivity contribution >= 4 is 16.7 Å². The molecular weight excluding hydrogens is 256 g/mol. The number of aromatic nitrogens is 2. The molecule has 3 aromatic rings.